The Labute approximate surface area is 210 Å². The van der Waals surface area contributed by atoms with Crippen molar-refractivity contribution < 1.29 is 23.9 Å². The first-order valence-corrected chi connectivity index (χ1v) is 11.2. The number of carbonyl (C=O) groups excluding carboxylic acids is 3. The Kier molecular flexibility index (Phi) is 8.96. The zero-order chi connectivity index (χ0) is 25.2. The molecule has 0 radical (unpaired) electrons. The summed E-state index contributed by atoms with van der Waals surface area (Å²) in [6, 6.07) is 19.5. The van der Waals surface area contributed by atoms with Crippen LogP contribution in [0.25, 0.3) is 0 Å². The maximum absolute atomic E-state index is 12.1. The molecule has 35 heavy (non-hydrogen) atoms. The van der Waals surface area contributed by atoms with Crippen molar-refractivity contribution in [2.24, 2.45) is 5.10 Å². The van der Waals surface area contributed by atoms with E-state index >= 15 is 0 Å². The summed E-state index contributed by atoms with van der Waals surface area (Å²) in [6.07, 6.45) is 1.38. The molecule has 3 aromatic carbocycles. The fraction of sp³-hybridized carbons (Fsp3) is 0.120. The van der Waals surface area contributed by atoms with Crippen molar-refractivity contribution in [3.05, 3.63) is 82.3 Å². The van der Waals surface area contributed by atoms with E-state index in [4.69, 9.17) is 9.47 Å². The number of nitrogens with zero attached hydrogens (tertiary/aromatic N) is 1. The summed E-state index contributed by atoms with van der Waals surface area (Å²) in [7, 11) is 1.52. The van der Waals surface area contributed by atoms with Crippen LogP contribution in [0.1, 0.15) is 18.1 Å². The standard InChI is InChI=1S/C25H23BrN4O5/c1-16(31)28-19-8-10-20(11-9-19)29-24(32)25(33)30-27-14-18-12-21(26)23(22(13-18)34-2)35-15-17-6-4-3-5-7-17/h3-14H,15H2,1-2H3,(H,28,31)(H,29,32)(H,30,33)/b27-14+. The highest BCUT2D eigenvalue weighted by molar-refractivity contribution is 9.10. The number of benzene rings is 3. The van der Waals surface area contributed by atoms with Crippen LogP contribution in [0.5, 0.6) is 11.5 Å². The number of hydrogen-bond acceptors (Lipinski definition) is 6. The van der Waals surface area contributed by atoms with Gasteiger partial charge in [0.25, 0.3) is 0 Å². The maximum atomic E-state index is 12.1. The summed E-state index contributed by atoms with van der Waals surface area (Å²) >= 11 is 3.47. The van der Waals surface area contributed by atoms with Gasteiger partial charge in [-0.1, -0.05) is 30.3 Å². The van der Waals surface area contributed by atoms with Crippen molar-refractivity contribution in [2.75, 3.05) is 17.7 Å². The topological polar surface area (TPSA) is 118 Å². The number of hydrogen-bond donors (Lipinski definition) is 3. The van der Waals surface area contributed by atoms with E-state index in [1.165, 1.54) is 20.2 Å². The summed E-state index contributed by atoms with van der Waals surface area (Å²) in [4.78, 5) is 35.2. The van der Waals surface area contributed by atoms with Crippen LogP contribution in [0, 0.1) is 0 Å². The third-order valence-electron chi connectivity index (χ3n) is 4.53. The van der Waals surface area contributed by atoms with E-state index < -0.39 is 11.8 Å². The molecule has 3 N–H and O–H groups in total. The van der Waals surface area contributed by atoms with Gasteiger partial charge >= 0.3 is 11.8 Å². The highest BCUT2D eigenvalue weighted by Gasteiger charge is 2.14. The molecule has 0 saturated heterocycles. The van der Waals surface area contributed by atoms with Crippen LogP contribution in [0.15, 0.2) is 76.3 Å². The average molecular weight is 539 g/mol. The fourth-order valence-corrected chi connectivity index (χ4v) is 3.50. The van der Waals surface area contributed by atoms with Gasteiger partial charge in [-0.15, -0.1) is 0 Å². The third kappa shape index (κ3) is 7.68. The predicted octanol–water partition coefficient (Wildman–Crippen LogP) is 4.08. The van der Waals surface area contributed by atoms with Crippen LogP contribution in [-0.2, 0) is 21.0 Å². The van der Waals surface area contributed by atoms with Crippen molar-refractivity contribution in [2.45, 2.75) is 13.5 Å². The molecule has 0 aliphatic carbocycles. The smallest absolute Gasteiger partial charge is 0.329 e. The van der Waals surface area contributed by atoms with E-state index in [2.05, 4.69) is 37.1 Å². The number of carbonyl (C=O) groups is 3. The van der Waals surface area contributed by atoms with Gasteiger partial charge in [0, 0.05) is 18.3 Å². The molecule has 3 rings (SSSR count). The zero-order valence-electron chi connectivity index (χ0n) is 19.0. The molecule has 0 fully saturated rings. The molecule has 0 saturated carbocycles. The molecule has 0 bridgehead atoms. The second kappa shape index (κ2) is 12.3. The van der Waals surface area contributed by atoms with Crippen LogP contribution in [0.4, 0.5) is 11.4 Å². The first-order valence-electron chi connectivity index (χ1n) is 10.4. The fourth-order valence-electron chi connectivity index (χ4n) is 2.93. The molecular formula is C25H23BrN4O5. The Morgan fingerprint density at radius 2 is 1.60 bits per heavy atom. The molecule has 3 amide bonds. The number of methoxy groups -OCH3 is 1. The molecule has 10 heteroatoms. The maximum Gasteiger partial charge on any atom is 0.329 e. The summed E-state index contributed by atoms with van der Waals surface area (Å²) < 4.78 is 12.0. The monoisotopic (exact) mass is 538 g/mol. The van der Waals surface area contributed by atoms with Crippen LogP contribution in [-0.4, -0.2) is 31.0 Å². The highest BCUT2D eigenvalue weighted by atomic mass is 79.9. The zero-order valence-corrected chi connectivity index (χ0v) is 20.6. The van der Waals surface area contributed by atoms with E-state index in [1.807, 2.05) is 30.3 Å². The van der Waals surface area contributed by atoms with E-state index in [-0.39, 0.29) is 5.91 Å². The number of nitrogens with one attached hydrogen (secondary N) is 3. The largest absolute Gasteiger partial charge is 0.493 e. The second-order valence-electron chi connectivity index (χ2n) is 7.22. The highest BCUT2D eigenvalue weighted by Crippen LogP contribution is 2.36. The Hall–Kier alpha value is -4.18. The third-order valence-corrected chi connectivity index (χ3v) is 5.12. The van der Waals surface area contributed by atoms with Crippen molar-refractivity contribution in [1.29, 1.82) is 0 Å². The SMILES string of the molecule is COc1cc(/C=N/NC(=O)C(=O)Nc2ccc(NC(C)=O)cc2)cc(Br)c1OCc1ccccc1. The van der Waals surface area contributed by atoms with Gasteiger partial charge in [-0.25, -0.2) is 5.43 Å². The average Bonchev–Trinajstić information content (AvgIpc) is 2.84. The quantitative estimate of drug-likeness (QED) is 0.227. The lowest BCUT2D eigenvalue weighted by Crippen LogP contribution is -2.32. The van der Waals surface area contributed by atoms with Crippen LogP contribution >= 0.6 is 15.9 Å². The molecule has 0 aliphatic heterocycles. The van der Waals surface area contributed by atoms with Crippen molar-refractivity contribution in [3.8, 4) is 11.5 Å². The summed E-state index contributed by atoms with van der Waals surface area (Å²) in [5, 5.41) is 8.90. The molecule has 9 nitrogen and oxygen atoms in total. The lowest BCUT2D eigenvalue weighted by atomic mass is 10.2. The van der Waals surface area contributed by atoms with Crippen molar-refractivity contribution in [1.82, 2.24) is 5.43 Å². The van der Waals surface area contributed by atoms with Gasteiger partial charge in [-0.2, -0.15) is 5.10 Å². The van der Waals surface area contributed by atoms with Gasteiger partial charge < -0.3 is 20.1 Å². The molecule has 0 atom stereocenters. The van der Waals surface area contributed by atoms with E-state index in [9.17, 15) is 14.4 Å². The van der Waals surface area contributed by atoms with Crippen molar-refractivity contribution >= 4 is 51.2 Å². The number of ether oxygens (including phenoxy) is 2. The van der Waals surface area contributed by atoms with Gasteiger partial charge in [0.15, 0.2) is 11.5 Å². The molecule has 0 unspecified atom stereocenters. The summed E-state index contributed by atoms with van der Waals surface area (Å²) in [6.45, 7) is 1.76. The van der Waals surface area contributed by atoms with E-state index in [1.54, 1.807) is 36.4 Å². The molecule has 3 aromatic rings. The van der Waals surface area contributed by atoms with Crippen LogP contribution in [0.3, 0.4) is 0 Å². The molecule has 180 valence electrons. The number of hydrazone groups is 1. The molecule has 0 heterocycles. The van der Waals surface area contributed by atoms with E-state index in [0.717, 1.165) is 5.56 Å². The lowest BCUT2D eigenvalue weighted by molar-refractivity contribution is -0.136. The minimum atomic E-state index is -0.943. The Morgan fingerprint density at radius 1 is 0.943 bits per heavy atom. The van der Waals surface area contributed by atoms with Crippen molar-refractivity contribution in [3.63, 3.8) is 0 Å². The molecule has 0 spiro atoms. The minimum Gasteiger partial charge on any atom is -0.493 e. The first kappa shape index (κ1) is 25.4. The van der Waals surface area contributed by atoms with Gasteiger partial charge in [0.2, 0.25) is 5.91 Å². The predicted molar refractivity (Wildman–Crippen MR) is 137 cm³/mol. The molecule has 0 aromatic heterocycles. The van der Waals surface area contributed by atoms with Crippen LogP contribution < -0.4 is 25.5 Å². The van der Waals surface area contributed by atoms with Crippen LogP contribution in [0.2, 0.25) is 0 Å². The molecular weight excluding hydrogens is 516 g/mol. The molecule has 0 aliphatic rings. The number of halogens is 1. The van der Waals surface area contributed by atoms with Gasteiger partial charge in [0.1, 0.15) is 6.61 Å². The lowest BCUT2D eigenvalue weighted by Gasteiger charge is -2.13. The Morgan fingerprint density at radius 3 is 2.23 bits per heavy atom. The number of amides is 3. The Bertz CT molecular complexity index is 1230. The Balaban J connectivity index is 1.57. The summed E-state index contributed by atoms with van der Waals surface area (Å²) in [5.41, 5.74) is 4.76. The second-order valence-corrected chi connectivity index (χ2v) is 8.07. The number of anilines is 2. The first-order chi connectivity index (χ1) is 16.9. The van der Waals surface area contributed by atoms with Gasteiger partial charge in [0.05, 0.1) is 17.8 Å². The summed E-state index contributed by atoms with van der Waals surface area (Å²) in [5.74, 6) is -1.04. The van der Waals surface area contributed by atoms with Gasteiger partial charge in [-0.05, 0) is 63.5 Å². The van der Waals surface area contributed by atoms with Gasteiger partial charge in [-0.3, -0.25) is 14.4 Å². The number of rotatable bonds is 8. The minimum absolute atomic E-state index is 0.210. The normalized spacial score (nSPS) is 10.5. The van der Waals surface area contributed by atoms with E-state index in [0.29, 0.717) is 39.5 Å².